The minimum atomic E-state index is -0.719. The highest BCUT2D eigenvalue weighted by atomic mass is 16.5. The number of allylic oxidation sites excluding steroid dienone is 2. The van der Waals surface area contributed by atoms with E-state index in [-0.39, 0.29) is 43.8 Å². The number of carbonyl (C=O) groups excluding carboxylic acids is 3. The molecule has 7 heteroatoms. The van der Waals surface area contributed by atoms with E-state index in [9.17, 15) is 19.5 Å². The van der Waals surface area contributed by atoms with Gasteiger partial charge >= 0.3 is 5.97 Å². The average Bonchev–Trinajstić information content (AvgIpc) is 3.03. The molecule has 7 nitrogen and oxygen atoms in total. The number of aliphatic hydroxyl groups is 1. The summed E-state index contributed by atoms with van der Waals surface area (Å²) in [6.45, 7) is 7.38. The van der Waals surface area contributed by atoms with E-state index in [1.165, 1.54) is 0 Å². The second-order valence-corrected chi connectivity index (χ2v) is 10.6. The number of carbonyl (C=O) groups is 3. The molecule has 4 unspecified atom stereocenters. The number of benzene rings is 3. The Hall–Kier alpha value is -4.49. The van der Waals surface area contributed by atoms with Crippen LogP contribution in [-0.4, -0.2) is 42.1 Å². The second kappa shape index (κ2) is 18.1. The molecule has 43 heavy (non-hydrogen) atoms. The number of hydrogen-bond acceptors (Lipinski definition) is 5. The van der Waals surface area contributed by atoms with Gasteiger partial charge in [0.1, 0.15) is 6.10 Å². The fourth-order valence-electron chi connectivity index (χ4n) is 4.89. The van der Waals surface area contributed by atoms with Crippen molar-refractivity contribution >= 4 is 17.8 Å². The lowest BCUT2D eigenvalue weighted by Gasteiger charge is -2.24. The Labute approximate surface area is 254 Å². The highest BCUT2D eigenvalue weighted by Crippen LogP contribution is 2.22. The van der Waals surface area contributed by atoms with Gasteiger partial charge in [0.05, 0.1) is 31.0 Å². The molecule has 0 fully saturated rings. The lowest BCUT2D eigenvalue weighted by atomic mass is 9.96. The van der Waals surface area contributed by atoms with Gasteiger partial charge in [-0.25, -0.2) is 0 Å². The molecule has 4 atom stereocenters. The molecule has 0 aromatic heterocycles. The first-order valence-corrected chi connectivity index (χ1v) is 14.7. The third-order valence-electron chi connectivity index (χ3n) is 7.17. The molecular formula is C36H42N2O5. The number of aliphatic hydroxyl groups excluding tert-OH is 1. The van der Waals surface area contributed by atoms with Gasteiger partial charge in [0, 0.05) is 6.42 Å². The summed E-state index contributed by atoms with van der Waals surface area (Å²) < 4.78 is 5.99. The van der Waals surface area contributed by atoms with Crippen molar-refractivity contribution in [1.82, 2.24) is 10.6 Å². The molecule has 0 aliphatic heterocycles. The first-order chi connectivity index (χ1) is 20.9. The highest BCUT2D eigenvalue weighted by Gasteiger charge is 2.27. The molecule has 3 rings (SSSR count). The molecule has 0 aliphatic carbocycles. The fraction of sp³-hybridized carbons (Fsp3) is 0.306. The van der Waals surface area contributed by atoms with Gasteiger partial charge in [-0.2, -0.15) is 0 Å². The molecule has 0 bridgehead atoms. The number of esters is 1. The molecule has 3 aromatic rings. The predicted octanol–water partition coefficient (Wildman–Crippen LogP) is 5.12. The van der Waals surface area contributed by atoms with E-state index in [0.29, 0.717) is 19.3 Å². The standard InChI is InChI=1S/C36H42N2O5/c1-3-14-30(24-34(40)38-32(26-39)23-28-18-10-6-11-19-28)35(41)37-25-33(29-20-12-7-13-21-29)43-36(42)31(15-4-2)22-27-16-8-5-9-17-27/h3-13,16-21,30-33,39H,1-2,14-15,22-26H2,(H,37,41)(H,38,40). The van der Waals surface area contributed by atoms with Crippen LogP contribution < -0.4 is 10.6 Å². The maximum atomic E-state index is 13.3. The Balaban J connectivity index is 1.64. The number of hydrogen-bond donors (Lipinski definition) is 3. The first kappa shape index (κ1) is 33.0. The van der Waals surface area contributed by atoms with Crippen LogP contribution in [0.25, 0.3) is 0 Å². The van der Waals surface area contributed by atoms with Gasteiger partial charge in [-0.05, 0) is 42.4 Å². The third-order valence-corrected chi connectivity index (χ3v) is 7.17. The van der Waals surface area contributed by atoms with E-state index < -0.39 is 24.0 Å². The monoisotopic (exact) mass is 582 g/mol. The van der Waals surface area contributed by atoms with Crippen LogP contribution in [0.2, 0.25) is 0 Å². The van der Waals surface area contributed by atoms with Crippen molar-refractivity contribution in [3.63, 3.8) is 0 Å². The summed E-state index contributed by atoms with van der Waals surface area (Å²) in [5.74, 6) is -2.15. The summed E-state index contributed by atoms with van der Waals surface area (Å²) >= 11 is 0. The summed E-state index contributed by atoms with van der Waals surface area (Å²) in [7, 11) is 0. The fourth-order valence-corrected chi connectivity index (χ4v) is 4.89. The van der Waals surface area contributed by atoms with Gasteiger partial charge in [0.15, 0.2) is 0 Å². The minimum absolute atomic E-state index is 0.0449. The van der Waals surface area contributed by atoms with E-state index in [4.69, 9.17) is 4.74 Å². The third kappa shape index (κ3) is 11.4. The van der Waals surface area contributed by atoms with Crippen LogP contribution in [0.1, 0.15) is 42.1 Å². The zero-order valence-corrected chi connectivity index (χ0v) is 24.6. The Kier molecular flexibility index (Phi) is 13.9. The first-order valence-electron chi connectivity index (χ1n) is 14.7. The maximum Gasteiger partial charge on any atom is 0.310 e. The van der Waals surface area contributed by atoms with Crippen molar-refractivity contribution in [2.45, 2.75) is 44.2 Å². The summed E-state index contributed by atoms with van der Waals surface area (Å²) in [6, 6.07) is 28.1. The van der Waals surface area contributed by atoms with Gasteiger partial charge in [0.2, 0.25) is 11.8 Å². The molecule has 3 aromatic carbocycles. The van der Waals surface area contributed by atoms with E-state index in [2.05, 4.69) is 23.8 Å². The van der Waals surface area contributed by atoms with Gasteiger partial charge < -0.3 is 20.5 Å². The molecule has 0 heterocycles. The Morgan fingerprint density at radius 1 is 0.767 bits per heavy atom. The number of rotatable bonds is 18. The van der Waals surface area contributed by atoms with Crippen LogP contribution in [0.4, 0.5) is 0 Å². The maximum absolute atomic E-state index is 13.3. The van der Waals surface area contributed by atoms with E-state index in [1.807, 2.05) is 91.0 Å². The normalized spacial score (nSPS) is 13.5. The summed E-state index contributed by atoms with van der Waals surface area (Å²) in [4.78, 5) is 39.5. The van der Waals surface area contributed by atoms with Gasteiger partial charge in [-0.1, -0.05) is 103 Å². The van der Waals surface area contributed by atoms with E-state index in [1.54, 1.807) is 12.2 Å². The average molecular weight is 583 g/mol. The van der Waals surface area contributed by atoms with Crippen LogP contribution in [0, 0.1) is 11.8 Å². The molecular weight excluding hydrogens is 540 g/mol. The minimum Gasteiger partial charge on any atom is -0.455 e. The number of amides is 2. The lowest BCUT2D eigenvalue weighted by Crippen LogP contribution is -2.42. The van der Waals surface area contributed by atoms with E-state index in [0.717, 1.165) is 16.7 Å². The molecule has 0 spiro atoms. The Bertz CT molecular complexity index is 1300. The smallest absolute Gasteiger partial charge is 0.310 e. The van der Waals surface area contributed by atoms with Gasteiger partial charge in [0.25, 0.3) is 0 Å². The molecule has 0 aliphatic rings. The van der Waals surface area contributed by atoms with Crippen LogP contribution in [0.3, 0.4) is 0 Å². The van der Waals surface area contributed by atoms with Crippen LogP contribution >= 0.6 is 0 Å². The van der Waals surface area contributed by atoms with Crippen molar-refractivity contribution in [3.8, 4) is 0 Å². The van der Waals surface area contributed by atoms with Crippen molar-refractivity contribution in [2.75, 3.05) is 13.2 Å². The predicted molar refractivity (Wildman–Crippen MR) is 169 cm³/mol. The van der Waals surface area contributed by atoms with Crippen molar-refractivity contribution in [1.29, 1.82) is 0 Å². The van der Waals surface area contributed by atoms with Crippen LogP contribution in [0.15, 0.2) is 116 Å². The second-order valence-electron chi connectivity index (χ2n) is 10.6. The van der Waals surface area contributed by atoms with Crippen LogP contribution in [0.5, 0.6) is 0 Å². The molecule has 0 radical (unpaired) electrons. The quantitative estimate of drug-likeness (QED) is 0.143. The lowest BCUT2D eigenvalue weighted by molar-refractivity contribution is -0.154. The van der Waals surface area contributed by atoms with Gasteiger partial charge in [-0.15, -0.1) is 13.2 Å². The Morgan fingerprint density at radius 3 is 1.86 bits per heavy atom. The summed E-state index contributed by atoms with van der Waals surface area (Å²) in [6.07, 6.45) is 4.25. The van der Waals surface area contributed by atoms with Crippen molar-refractivity contribution in [2.24, 2.45) is 11.8 Å². The molecule has 3 N–H and O–H groups in total. The molecule has 226 valence electrons. The molecule has 0 saturated heterocycles. The highest BCUT2D eigenvalue weighted by molar-refractivity contribution is 5.86. The zero-order valence-electron chi connectivity index (χ0n) is 24.6. The SMILES string of the molecule is C=CCC(CC(=O)NC(CO)Cc1ccccc1)C(=O)NCC(OC(=O)C(CC=C)Cc1ccccc1)c1ccccc1. The summed E-state index contributed by atoms with van der Waals surface area (Å²) in [5.41, 5.74) is 2.76. The van der Waals surface area contributed by atoms with Crippen molar-refractivity contribution < 1.29 is 24.2 Å². The number of ether oxygens (including phenoxy) is 1. The largest absolute Gasteiger partial charge is 0.455 e. The van der Waals surface area contributed by atoms with E-state index >= 15 is 0 Å². The van der Waals surface area contributed by atoms with Crippen LogP contribution in [-0.2, 0) is 32.0 Å². The van der Waals surface area contributed by atoms with Crippen molar-refractivity contribution in [3.05, 3.63) is 133 Å². The summed E-state index contributed by atoms with van der Waals surface area (Å²) in [5, 5.41) is 15.5. The Morgan fingerprint density at radius 2 is 1.30 bits per heavy atom. The van der Waals surface area contributed by atoms with Gasteiger partial charge in [-0.3, -0.25) is 14.4 Å². The number of nitrogens with one attached hydrogen (secondary N) is 2. The topological polar surface area (TPSA) is 105 Å². The zero-order chi connectivity index (χ0) is 30.9. The molecule has 0 saturated carbocycles. The molecule has 2 amide bonds.